The van der Waals surface area contributed by atoms with Crippen molar-refractivity contribution in [3.8, 4) is 5.75 Å². The average Bonchev–Trinajstić information content (AvgIpc) is 2.83. The highest BCUT2D eigenvalue weighted by Crippen LogP contribution is 2.32. The van der Waals surface area contributed by atoms with Crippen LogP contribution in [0.25, 0.3) is 0 Å². The van der Waals surface area contributed by atoms with Crippen LogP contribution in [0.1, 0.15) is 44.7 Å². The van der Waals surface area contributed by atoms with Gasteiger partial charge in [0.15, 0.2) is 0 Å². The van der Waals surface area contributed by atoms with Crippen LogP contribution in [0.4, 0.5) is 18.9 Å². The fourth-order valence-corrected chi connectivity index (χ4v) is 4.75. The smallest absolute Gasteiger partial charge is 0.416 e. The Morgan fingerprint density at radius 2 is 1.71 bits per heavy atom. The molecule has 12 heteroatoms. The molecule has 0 spiro atoms. The van der Waals surface area contributed by atoms with Gasteiger partial charge in [-0.25, -0.2) is 8.42 Å². The van der Waals surface area contributed by atoms with E-state index in [1.165, 1.54) is 18.1 Å². The van der Waals surface area contributed by atoms with Gasteiger partial charge in [0.2, 0.25) is 21.8 Å². The van der Waals surface area contributed by atoms with E-state index in [1.807, 2.05) is 0 Å². The minimum absolute atomic E-state index is 0.0231. The Bertz CT molecular complexity index is 1220. The van der Waals surface area contributed by atoms with Gasteiger partial charge in [-0.15, -0.1) is 0 Å². The summed E-state index contributed by atoms with van der Waals surface area (Å²) in [6.45, 7) is 5.08. The first-order valence-electron chi connectivity index (χ1n) is 12.0. The molecule has 2 aromatic carbocycles. The SMILES string of the molecule is COc1cccc(CN(C(=O)CCCN(c2cccc(C(F)(F)F)c2)S(C)(=O)=O)[C@H](C)C(=O)NC(C)C)c1. The van der Waals surface area contributed by atoms with Crippen LogP contribution in [-0.4, -0.2) is 57.1 Å². The molecular weight excluding hydrogens is 523 g/mol. The van der Waals surface area contributed by atoms with Crippen LogP contribution >= 0.6 is 0 Å². The quantitative estimate of drug-likeness (QED) is 0.422. The number of benzene rings is 2. The molecular formula is C26H34F3N3O5S. The maximum Gasteiger partial charge on any atom is 0.416 e. The summed E-state index contributed by atoms with van der Waals surface area (Å²) in [4.78, 5) is 27.4. The highest BCUT2D eigenvalue weighted by Gasteiger charge is 2.32. The molecule has 0 aliphatic carbocycles. The molecule has 2 rings (SSSR count). The lowest BCUT2D eigenvalue weighted by Crippen LogP contribution is -2.49. The van der Waals surface area contributed by atoms with Crippen LogP contribution in [0.2, 0.25) is 0 Å². The fourth-order valence-electron chi connectivity index (χ4n) is 3.80. The van der Waals surface area contributed by atoms with Crippen molar-refractivity contribution in [2.75, 3.05) is 24.2 Å². The topological polar surface area (TPSA) is 96.0 Å². The lowest BCUT2D eigenvalue weighted by molar-refractivity contribution is -0.140. The lowest BCUT2D eigenvalue weighted by Gasteiger charge is -2.30. The number of halogens is 3. The summed E-state index contributed by atoms with van der Waals surface area (Å²) in [6, 6.07) is 10.1. The van der Waals surface area contributed by atoms with Crippen molar-refractivity contribution in [1.82, 2.24) is 10.2 Å². The number of amides is 2. The normalized spacial score (nSPS) is 12.7. The molecule has 1 N–H and O–H groups in total. The second-order valence-electron chi connectivity index (χ2n) is 9.20. The van der Waals surface area contributed by atoms with Gasteiger partial charge < -0.3 is 15.0 Å². The van der Waals surface area contributed by atoms with Crippen molar-refractivity contribution in [2.45, 2.75) is 58.4 Å². The van der Waals surface area contributed by atoms with E-state index in [1.54, 1.807) is 45.0 Å². The van der Waals surface area contributed by atoms with Crippen molar-refractivity contribution < 1.29 is 35.9 Å². The molecule has 0 radical (unpaired) electrons. The van der Waals surface area contributed by atoms with Gasteiger partial charge in [-0.05, 0) is 63.1 Å². The molecule has 0 aromatic heterocycles. The van der Waals surface area contributed by atoms with Crippen molar-refractivity contribution in [2.24, 2.45) is 0 Å². The third-order valence-electron chi connectivity index (χ3n) is 5.70. The zero-order valence-corrected chi connectivity index (χ0v) is 22.9. The van der Waals surface area contributed by atoms with Gasteiger partial charge in [0.25, 0.3) is 0 Å². The Balaban J connectivity index is 2.23. The monoisotopic (exact) mass is 557 g/mol. The maximum absolute atomic E-state index is 13.3. The number of carbonyl (C=O) groups is 2. The van der Waals surface area contributed by atoms with Crippen LogP contribution in [0.3, 0.4) is 0 Å². The molecule has 2 amide bonds. The summed E-state index contributed by atoms with van der Waals surface area (Å²) in [5, 5.41) is 2.78. The van der Waals surface area contributed by atoms with Gasteiger partial charge in [0, 0.05) is 25.6 Å². The predicted molar refractivity (Wildman–Crippen MR) is 139 cm³/mol. The van der Waals surface area contributed by atoms with E-state index >= 15 is 0 Å². The number of sulfonamides is 1. The Hall–Kier alpha value is -3.28. The number of anilines is 1. The second-order valence-corrected chi connectivity index (χ2v) is 11.1. The molecule has 0 bridgehead atoms. The van der Waals surface area contributed by atoms with Gasteiger partial charge in [-0.3, -0.25) is 13.9 Å². The van der Waals surface area contributed by atoms with Crippen molar-refractivity contribution >= 4 is 27.5 Å². The Labute approximate surface area is 221 Å². The Morgan fingerprint density at radius 3 is 2.29 bits per heavy atom. The van der Waals surface area contributed by atoms with Crippen LogP contribution in [0.15, 0.2) is 48.5 Å². The molecule has 0 heterocycles. The Morgan fingerprint density at radius 1 is 1.05 bits per heavy atom. The van der Waals surface area contributed by atoms with E-state index in [0.29, 0.717) is 5.75 Å². The first-order valence-corrected chi connectivity index (χ1v) is 13.9. The molecule has 0 saturated carbocycles. The summed E-state index contributed by atoms with van der Waals surface area (Å²) in [7, 11) is -2.42. The van der Waals surface area contributed by atoms with E-state index in [9.17, 15) is 31.2 Å². The number of ether oxygens (including phenoxy) is 1. The van der Waals surface area contributed by atoms with E-state index < -0.39 is 33.7 Å². The average molecular weight is 558 g/mol. The summed E-state index contributed by atoms with van der Waals surface area (Å²) in [6.07, 6.45) is -3.85. The first-order chi connectivity index (χ1) is 17.6. The van der Waals surface area contributed by atoms with Crippen molar-refractivity contribution in [3.05, 3.63) is 59.7 Å². The van der Waals surface area contributed by atoms with Crippen LogP contribution < -0.4 is 14.4 Å². The summed E-state index contributed by atoms with van der Waals surface area (Å²) >= 11 is 0. The van der Waals surface area contributed by atoms with Crippen molar-refractivity contribution in [3.63, 3.8) is 0 Å². The number of methoxy groups -OCH3 is 1. The largest absolute Gasteiger partial charge is 0.497 e. The number of hydrogen-bond acceptors (Lipinski definition) is 5. The highest BCUT2D eigenvalue weighted by atomic mass is 32.2. The molecule has 0 saturated heterocycles. The molecule has 2 aromatic rings. The van der Waals surface area contributed by atoms with Gasteiger partial charge in [-0.1, -0.05) is 18.2 Å². The molecule has 0 aliphatic heterocycles. The first kappa shape index (κ1) is 30.9. The third-order valence-corrected chi connectivity index (χ3v) is 6.89. The van der Waals surface area contributed by atoms with E-state index in [2.05, 4.69) is 5.32 Å². The number of nitrogens with zero attached hydrogens (tertiary/aromatic N) is 2. The van der Waals surface area contributed by atoms with E-state index in [4.69, 9.17) is 4.74 Å². The molecule has 0 unspecified atom stereocenters. The Kier molecular flexibility index (Phi) is 10.6. The molecule has 8 nitrogen and oxygen atoms in total. The number of alkyl halides is 3. The van der Waals surface area contributed by atoms with Crippen LogP contribution in [0, 0.1) is 0 Å². The lowest BCUT2D eigenvalue weighted by atomic mass is 10.1. The predicted octanol–water partition coefficient (Wildman–Crippen LogP) is 4.20. The van der Waals surface area contributed by atoms with Crippen LogP contribution in [-0.2, 0) is 32.3 Å². The molecule has 0 fully saturated rings. The second kappa shape index (κ2) is 13.0. The standard InChI is InChI=1S/C26H34F3N3O5S/c1-18(2)30-25(34)19(3)31(17-20-9-6-12-23(15-20)37-4)24(33)13-8-14-32(38(5,35)36)22-11-7-10-21(16-22)26(27,28)29/h6-7,9-12,15-16,18-19H,8,13-14,17H2,1-5H3,(H,30,34)/t19-/m1/s1. The van der Waals surface area contributed by atoms with Gasteiger partial charge >= 0.3 is 6.18 Å². The number of nitrogens with one attached hydrogen (secondary N) is 1. The fraction of sp³-hybridized carbons (Fsp3) is 0.462. The minimum Gasteiger partial charge on any atom is -0.497 e. The third kappa shape index (κ3) is 8.93. The minimum atomic E-state index is -4.64. The van der Waals surface area contributed by atoms with Gasteiger partial charge in [0.1, 0.15) is 11.8 Å². The van der Waals surface area contributed by atoms with Crippen molar-refractivity contribution in [1.29, 1.82) is 0 Å². The van der Waals surface area contributed by atoms with Gasteiger partial charge in [0.05, 0.1) is 24.6 Å². The number of hydrogen-bond donors (Lipinski definition) is 1. The summed E-state index contributed by atoms with van der Waals surface area (Å²) in [5.74, 6) is -0.172. The van der Waals surface area contributed by atoms with E-state index in [-0.39, 0.29) is 43.6 Å². The molecule has 38 heavy (non-hydrogen) atoms. The van der Waals surface area contributed by atoms with Crippen LogP contribution in [0.5, 0.6) is 5.75 Å². The zero-order valence-electron chi connectivity index (χ0n) is 22.1. The zero-order chi connectivity index (χ0) is 28.7. The summed E-state index contributed by atoms with van der Waals surface area (Å²) < 4.78 is 70.3. The number of rotatable bonds is 12. The summed E-state index contributed by atoms with van der Waals surface area (Å²) in [5.41, 5.74) is -0.398. The number of carbonyl (C=O) groups excluding carboxylic acids is 2. The van der Waals surface area contributed by atoms with Gasteiger partial charge in [-0.2, -0.15) is 13.2 Å². The highest BCUT2D eigenvalue weighted by molar-refractivity contribution is 7.92. The molecule has 0 aliphatic rings. The van der Waals surface area contributed by atoms with E-state index in [0.717, 1.165) is 34.3 Å². The molecule has 210 valence electrons. The maximum atomic E-state index is 13.3. The molecule has 1 atom stereocenters.